The van der Waals surface area contributed by atoms with Crippen LogP contribution in [0.3, 0.4) is 0 Å². The van der Waals surface area contributed by atoms with Gasteiger partial charge in [-0.25, -0.2) is 0 Å². The van der Waals surface area contributed by atoms with Crippen molar-refractivity contribution in [3.8, 4) is 0 Å². The molecular weight excluding hydrogens is 332 g/mol. The highest BCUT2D eigenvalue weighted by Gasteiger charge is 2.22. The molecule has 0 unspecified atom stereocenters. The summed E-state index contributed by atoms with van der Waals surface area (Å²) in [7, 11) is 0. The van der Waals surface area contributed by atoms with Gasteiger partial charge in [0.25, 0.3) is 11.8 Å². The molecule has 2 N–H and O–H groups in total. The first-order chi connectivity index (χ1) is 12.1. The Morgan fingerprint density at radius 2 is 2.00 bits per heavy atom. The fourth-order valence-electron chi connectivity index (χ4n) is 2.41. The number of amides is 2. The van der Waals surface area contributed by atoms with E-state index in [1.165, 1.54) is 11.8 Å². The zero-order valence-corrected chi connectivity index (χ0v) is 15.0. The number of rotatable bonds is 4. The van der Waals surface area contributed by atoms with Crippen molar-refractivity contribution < 1.29 is 9.59 Å². The summed E-state index contributed by atoms with van der Waals surface area (Å²) in [5, 5.41) is 5.82. The average Bonchev–Trinajstić information content (AvgIpc) is 2.62. The summed E-state index contributed by atoms with van der Waals surface area (Å²) in [4.78, 5) is 26.2. The summed E-state index contributed by atoms with van der Waals surface area (Å²) >= 11 is 1.42. The van der Waals surface area contributed by atoms with Gasteiger partial charge in [0.05, 0.1) is 10.6 Å². The van der Waals surface area contributed by atoms with Crippen molar-refractivity contribution >= 4 is 35.3 Å². The maximum atomic E-state index is 12.4. The largest absolute Gasteiger partial charge is 0.350 e. The van der Waals surface area contributed by atoms with Crippen molar-refractivity contribution in [2.75, 3.05) is 5.32 Å². The topological polar surface area (TPSA) is 58.2 Å². The number of benzene rings is 2. The molecule has 1 aliphatic rings. The molecule has 25 heavy (non-hydrogen) atoms. The van der Waals surface area contributed by atoms with E-state index < -0.39 is 0 Å². The highest BCUT2D eigenvalue weighted by Crippen LogP contribution is 2.39. The number of nitrogens with one attached hydrogen (secondary N) is 2. The third kappa shape index (κ3) is 4.12. The standard InChI is InChI=1S/C20H20N2O2S/c1-3-13(2)21-19(23)15-9-10-17-16(12-15)22-20(24)18(25-17)11-14-7-5-4-6-8-14/h4-13H,3H2,1-2H3,(H,21,23)(H,22,24)/b18-11+/t13-/m0/s1. The van der Waals surface area contributed by atoms with E-state index in [4.69, 9.17) is 0 Å². The Morgan fingerprint density at radius 3 is 2.72 bits per heavy atom. The quantitative estimate of drug-likeness (QED) is 0.807. The van der Waals surface area contributed by atoms with Crippen molar-refractivity contribution in [3.63, 3.8) is 0 Å². The molecule has 1 heterocycles. The van der Waals surface area contributed by atoms with Crippen LogP contribution in [-0.4, -0.2) is 17.9 Å². The number of anilines is 1. The van der Waals surface area contributed by atoms with Crippen LogP contribution in [0.5, 0.6) is 0 Å². The Morgan fingerprint density at radius 1 is 1.24 bits per heavy atom. The Hall–Kier alpha value is -2.53. The van der Waals surface area contributed by atoms with Crippen molar-refractivity contribution in [1.82, 2.24) is 5.32 Å². The monoisotopic (exact) mass is 352 g/mol. The first-order valence-electron chi connectivity index (χ1n) is 8.27. The predicted molar refractivity (Wildman–Crippen MR) is 103 cm³/mol. The Labute approximate surface area is 151 Å². The van der Waals surface area contributed by atoms with Crippen LogP contribution >= 0.6 is 11.8 Å². The Balaban J connectivity index is 1.82. The summed E-state index contributed by atoms with van der Waals surface area (Å²) in [6, 6.07) is 15.3. The number of carbonyl (C=O) groups excluding carboxylic acids is 2. The van der Waals surface area contributed by atoms with Crippen LogP contribution in [0.25, 0.3) is 6.08 Å². The lowest BCUT2D eigenvalue weighted by Crippen LogP contribution is -2.32. The maximum absolute atomic E-state index is 12.4. The Kier molecular flexibility index (Phi) is 5.24. The molecule has 2 amide bonds. The van der Waals surface area contributed by atoms with Gasteiger partial charge in [-0.15, -0.1) is 0 Å². The van der Waals surface area contributed by atoms with E-state index in [1.807, 2.05) is 56.3 Å². The number of carbonyl (C=O) groups is 2. The molecule has 3 rings (SSSR count). The summed E-state index contributed by atoms with van der Waals surface area (Å²) in [6.45, 7) is 3.99. The van der Waals surface area contributed by atoms with E-state index in [-0.39, 0.29) is 17.9 Å². The van der Waals surface area contributed by atoms with Crippen LogP contribution in [0.4, 0.5) is 5.69 Å². The van der Waals surface area contributed by atoms with E-state index >= 15 is 0 Å². The number of thioether (sulfide) groups is 1. The summed E-state index contributed by atoms with van der Waals surface area (Å²) < 4.78 is 0. The maximum Gasteiger partial charge on any atom is 0.262 e. The summed E-state index contributed by atoms with van der Waals surface area (Å²) in [5.41, 5.74) is 2.21. The van der Waals surface area contributed by atoms with Crippen LogP contribution in [0.15, 0.2) is 58.3 Å². The lowest BCUT2D eigenvalue weighted by molar-refractivity contribution is -0.112. The van der Waals surface area contributed by atoms with Gasteiger partial charge in [-0.05, 0) is 43.2 Å². The second-order valence-electron chi connectivity index (χ2n) is 5.97. The third-order valence-corrected chi connectivity index (χ3v) is 5.12. The fraction of sp³-hybridized carbons (Fsp3) is 0.200. The van der Waals surface area contributed by atoms with Crippen LogP contribution in [0, 0.1) is 0 Å². The zero-order chi connectivity index (χ0) is 17.8. The van der Waals surface area contributed by atoms with Gasteiger partial charge < -0.3 is 10.6 Å². The minimum atomic E-state index is -0.152. The number of fused-ring (bicyclic) bond motifs is 1. The molecule has 2 aromatic rings. The second-order valence-corrected chi connectivity index (χ2v) is 7.05. The van der Waals surface area contributed by atoms with Crippen LogP contribution in [0.2, 0.25) is 0 Å². The molecule has 0 aliphatic carbocycles. The average molecular weight is 352 g/mol. The lowest BCUT2D eigenvalue weighted by Gasteiger charge is -2.20. The van der Waals surface area contributed by atoms with E-state index in [0.717, 1.165) is 16.9 Å². The van der Waals surface area contributed by atoms with Gasteiger partial charge in [0.15, 0.2) is 0 Å². The molecular formula is C20H20N2O2S. The summed E-state index contributed by atoms with van der Waals surface area (Å²) in [6.07, 6.45) is 2.74. The van der Waals surface area contributed by atoms with Gasteiger partial charge in [-0.2, -0.15) is 0 Å². The molecule has 1 aliphatic heterocycles. The number of hydrogen-bond acceptors (Lipinski definition) is 3. The van der Waals surface area contributed by atoms with Crippen LogP contribution < -0.4 is 10.6 Å². The molecule has 1 atom stereocenters. The molecule has 0 spiro atoms. The highest BCUT2D eigenvalue weighted by atomic mass is 32.2. The van der Waals surface area contributed by atoms with E-state index in [1.54, 1.807) is 12.1 Å². The molecule has 0 saturated heterocycles. The van der Waals surface area contributed by atoms with Gasteiger partial charge in [-0.1, -0.05) is 49.0 Å². The van der Waals surface area contributed by atoms with Crippen LogP contribution in [0.1, 0.15) is 36.2 Å². The smallest absolute Gasteiger partial charge is 0.262 e. The minimum absolute atomic E-state index is 0.118. The van der Waals surface area contributed by atoms with E-state index in [9.17, 15) is 9.59 Å². The van der Waals surface area contributed by atoms with Gasteiger partial charge in [0, 0.05) is 16.5 Å². The molecule has 0 saturated carbocycles. The molecule has 0 fully saturated rings. The molecule has 0 aromatic heterocycles. The zero-order valence-electron chi connectivity index (χ0n) is 14.2. The Bertz CT molecular complexity index is 831. The van der Waals surface area contributed by atoms with Crippen molar-refractivity contribution in [2.45, 2.75) is 31.2 Å². The summed E-state index contributed by atoms with van der Waals surface area (Å²) in [5.74, 6) is -0.275. The van der Waals surface area contributed by atoms with E-state index in [2.05, 4.69) is 10.6 Å². The van der Waals surface area contributed by atoms with Gasteiger partial charge in [-0.3, -0.25) is 9.59 Å². The van der Waals surface area contributed by atoms with E-state index in [0.29, 0.717) is 16.2 Å². The minimum Gasteiger partial charge on any atom is -0.350 e. The molecule has 2 aromatic carbocycles. The molecule has 0 radical (unpaired) electrons. The van der Waals surface area contributed by atoms with Crippen LogP contribution in [-0.2, 0) is 4.79 Å². The fourth-order valence-corrected chi connectivity index (χ4v) is 3.34. The molecule has 128 valence electrons. The predicted octanol–water partition coefficient (Wildman–Crippen LogP) is 4.30. The van der Waals surface area contributed by atoms with Crippen molar-refractivity contribution in [2.24, 2.45) is 0 Å². The highest BCUT2D eigenvalue weighted by molar-refractivity contribution is 8.04. The van der Waals surface area contributed by atoms with Gasteiger partial charge in [0.2, 0.25) is 0 Å². The van der Waals surface area contributed by atoms with Crippen molar-refractivity contribution in [1.29, 1.82) is 0 Å². The third-order valence-electron chi connectivity index (χ3n) is 4.02. The molecule has 5 heteroatoms. The normalized spacial score (nSPS) is 16.1. The van der Waals surface area contributed by atoms with Gasteiger partial charge in [0.1, 0.15) is 0 Å². The first-order valence-corrected chi connectivity index (χ1v) is 9.09. The SMILES string of the molecule is CC[C@H](C)NC(=O)c1ccc2c(c1)NC(=O)/C(=C\c1ccccc1)S2. The van der Waals surface area contributed by atoms with Gasteiger partial charge >= 0.3 is 0 Å². The number of hydrogen-bond donors (Lipinski definition) is 2. The molecule has 4 nitrogen and oxygen atoms in total. The molecule has 0 bridgehead atoms. The first kappa shape index (κ1) is 17.3. The lowest BCUT2D eigenvalue weighted by atomic mass is 10.1. The van der Waals surface area contributed by atoms with Crippen molar-refractivity contribution in [3.05, 3.63) is 64.6 Å². The second kappa shape index (κ2) is 7.57.